The van der Waals surface area contributed by atoms with Gasteiger partial charge in [0, 0.05) is 18.2 Å². The Morgan fingerprint density at radius 2 is 2.23 bits per heavy atom. The van der Waals surface area contributed by atoms with Gasteiger partial charge < -0.3 is 9.73 Å². The minimum Gasteiger partial charge on any atom is -0.465 e. The smallest absolute Gasteiger partial charge is 0.271 e. The first-order chi connectivity index (χ1) is 10.5. The number of halogens is 1. The van der Waals surface area contributed by atoms with Crippen LogP contribution in [-0.4, -0.2) is 10.8 Å². The lowest BCUT2D eigenvalue weighted by molar-refractivity contribution is -0.384. The number of furan rings is 1. The molecule has 0 aliphatic heterocycles. The number of carbonyl (C=O) groups is 1. The standard InChI is InChI=1S/C14H8ClN3O4/c15-12-7-10(18(20)21)3-4-13(12)17-14(19)9(8-16)6-11-2-1-5-22-11/h1-7H,(H,17,19). The predicted octanol–water partition coefficient (Wildman–Crippen LogP) is 3.39. The van der Waals surface area contributed by atoms with Crippen molar-refractivity contribution in [2.45, 2.75) is 0 Å². The second-order valence-electron chi connectivity index (χ2n) is 4.06. The van der Waals surface area contributed by atoms with Gasteiger partial charge in [-0.1, -0.05) is 11.6 Å². The molecule has 0 atom stereocenters. The summed E-state index contributed by atoms with van der Waals surface area (Å²) in [7, 11) is 0. The SMILES string of the molecule is N#CC(=Cc1ccco1)C(=O)Nc1ccc([N+](=O)[O-])cc1Cl. The van der Waals surface area contributed by atoms with Crippen molar-refractivity contribution in [1.82, 2.24) is 0 Å². The zero-order chi connectivity index (χ0) is 16.1. The number of nitro benzene ring substituents is 1. The van der Waals surface area contributed by atoms with Crippen molar-refractivity contribution < 1.29 is 14.1 Å². The summed E-state index contributed by atoms with van der Waals surface area (Å²) in [6, 6.07) is 8.55. The average Bonchev–Trinajstić information content (AvgIpc) is 2.99. The van der Waals surface area contributed by atoms with Crippen molar-refractivity contribution in [3.63, 3.8) is 0 Å². The van der Waals surface area contributed by atoms with Crippen LogP contribution in [0.15, 0.2) is 46.6 Å². The number of amides is 1. The molecule has 8 heteroatoms. The Morgan fingerprint density at radius 1 is 1.45 bits per heavy atom. The van der Waals surface area contributed by atoms with E-state index in [1.165, 1.54) is 24.5 Å². The molecular weight excluding hydrogens is 310 g/mol. The number of nitrogens with one attached hydrogen (secondary N) is 1. The molecule has 22 heavy (non-hydrogen) atoms. The number of non-ortho nitro benzene ring substituents is 1. The molecular formula is C14H8ClN3O4. The van der Waals surface area contributed by atoms with Crippen LogP contribution < -0.4 is 5.32 Å². The van der Waals surface area contributed by atoms with Gasteiger partial charge in [-0.25, -0.2) is 0 Å². The summed E-state index contributed by atoms with van der Waals surface area (Å²) in [5.74, 6) is -0.351. The van der Waals surface area contributed by atoms with Crippen LogP contribution in [-0.2, 0) is 4.79 Å². The van der Waals surface area contributed by atoms with Crippen LogP contribution in [0.3, 0.4) is 0 Å². The molecule has 1 N–H and O–H groups in total. The van der Waals surface area contributed by atoms with Crippen molar-refractivity contribution in [3.8, 4) is 6.07 Å². The average molecular weight is 318 g/mol. The zero-order valence-electron chi connectivity index (χ0n) is 10.9. The highest BCUT2D eigenvalue weighted by molar-refractivity contribution is 6.34. The van der Waals surface area contributed by atoms with E-state index in [4.69, 9.17) is 21.3 Å². The fraction of sp³-hybridized carbons (Fsp3) is 0. The molecule has 0 spiro atoms. The highest BCUT2D eigenvalue weighted by Gasteiger charge is 2.14. The van der Waals surface area contributed by atoms with Gasteiger partial charge in [-0.3, -0.25) is 14.9 Å². The first-order valence-corrected chi connectivity index (χ1v) is 6.29. The van der Waals surface area contributed by atoms with Gasteiger partial charge >= 0.3 is 0 Å². The third kappa shape index (κ3) is 3.50. The van der Waals surface area contributed by atoms with Crippen LogP contribution in [0.5, 0.6) is 0 Å². The van der Waals surface area contributed by atoms with Gasteiger partial charge in [0.15, 0.2) is 0 Å². The molecule has 1 aromatic heterocycles. The number of hydrogen-bond donors (Lipinski definition) is 1. The lowest BCUT2D eigenvalue weighted by atomic mass is 10.2. The summed E-state index contributed by atoms with van der Waals surface area (Å²) in [6.07, 6.45) is 2.68. The molecule has 1 heterocycles. The van der Waals surface area contributed by atoms with Crippen molar-refractivity contribution in [2.24, 2.45) is 0 Å². The number of nitriles is 1. The summed E-state index contributed by atoms with van der Waals surface area (Å²) in [5.41, 5.74) is -0.225. The van der Waals surface area contributed by atoms with Gasteiger partial charge in [0.25, 0.3) is 11.6 Å². The van der Waals surface area contributed by atoms with Gasteiger partial charge in [0.1, 0.15) is 17.4 Å². The number of rotatable bonds is 4. The Labute approximate surface area is 129 Å². The lowest BCUT2D eigenvalue weighted by Crippen LogP contribution is -2.13. The highest BCUT2D eigenvalue weighted by Crippen LogP contribution is 2.27. The second-order valence-corrected chi connectivity index (χ2v) is 4.47. The van der Waals surface area contributed by atoms with E-state index in [1.807, 2.05) is 0 Å². The quantitative estimate of drug-likeness (QED) is 0.402. The summed E-state index contributed by atoms with van der Waals surface area (Å²) in [6.45, 7) is 0. The van der Waals surface area contributed by atoms with Crippen LogP contribution in [0.1, 0.15) is 5.76 Å². The van der Waals surface area contributed by atoms with E-state index < -0.39 is 10.8 Å². The molecule has 0 unspecified atom stereocenters. The summed E-state index contributed by atoms with van der Waals surface area (Å²) in [4.78, 5) is 22.0. The van der Waals surface area contributed by atoms with Crippen LogP contribution in [0.2, 0.25) is 5.02 Å². The molecule has 1 aromatic carbocycles. The van der Waals surface area contributed by atoms with Gasteiger partial charge in [0.05, 0.1) is 21.9 Å². The van der Waals surface area contributed by atoms with Crippen LogP contribution in [0.4, 0.5) is 11.4 Å². The molecule has 0 aliphatic carbocycles. The third-order valence-corrected chi connectivity index (χ3v) is 2.92. The van der Waals surface area contributed by atoms with E-state index in [-0.39, 0.29) is 22.0 Å². The first-order valence-electron chi connectivity index (χ1n) is 5.92. The maximum absolute atomic E-state index is 12.0. The van der Waals surface area contributed by atoms with Gasteiger partial charge in [-0.15, -0.1) is 0 Å². The van der Waals surface area contributed by atoms with E-state index in [9.17, 15) is 14.9 Å². The predicted molar refractivity (Wildman–Crippen MR) is 79.0 cm³/mol. The molecule has 0 aliphatic rings. The normalized spacial score (nSPS) is 10.8. The molecule has 0 radical (unpaired) electrons. The number of hydrogen-bond acceptors (Lipinski definition) is 5. The summed E-state index contributed by atoms with van der Waals surface area (Å²) < 4.78 is 5.02. The minimum atomic E-state index is -0.699. The first kappa shape index (κ1) is 15.3. The molecule has 0 bridgehead atoms. The van der Waals surface area contributed by atoms with Crippen molar-refractivity contribution in [1.29, 1.82) is 5.26 Å². The Balaban J connectivity index is 2.21. The number of nitro groups is 1. The summed E-state index contributed by atoms with van der Waals surface area (Å²) >= 11 is 5.87. The van der Waals surface area contributed by atoms with Crippen molar-refractivity contribution in [3.05, 3.63) is 63.1 Å². The monoisotopic (exact) mass is 317 g/mol. The molecule has 110 valence electrons. The maximum Gasteiger partial charge on any atom is 0.271 e. The Bertz CT molecular complexity index is 791. The molecule has 2 rings (SSSR count). The Morgan fingerprint density at radius 3 is 2.77 bits per heavy atom. The third-order valence-electron chi connectivity index (χ3n) is 2.61. The second kappa shape index (κ2) is 6.56. The highest BCUT2D eigenvalue weighted by atomic mass is 35.5. The fourth-order valence-corrected chi connectivity index (χ4v) is 1.79. The summed E-state index contributed by atoms with van der Waals surface area (Å²) in [5, 5.41) is 22.0. The van der Waals surface area contributed by atoms with Crippen LogP contribution >= 0.6 is 11.6 Å². The van der Waals surface area contributed by atoms with Gasteiger partial charge in [-0.05, 0) is 18.2 Å². The Kier molecular flexibility index (Phi) is 4.56. The van der Waals surface area contributed by atoms with Crippen molar-refractivity contribution >= 4 is 35.0 Å². The molecule has 1 amide bonds. The van der Waals surface area contributed by atoms with E-state index in [2.05, 4.69) is 5.32 Å². The zero-order valence-corrected chi connectivity index (χ0v) is 11.7. The fourth-order valence-electron chi connectivity index (χ4n) is 1.57. The lowest BCUT2D eigenvalue weighted by Gasteiger charge is -2.06. The molecule has 7 nitrogen and oxygen atoms in total. The molecule has 0 saturated heterocycles. The van der Waals surface area contributed by atoms with Crippen LogP contribution in [0, 0.1) is 21.4 Å². The number of anilines is 1. The van der Waals surface area contributed by atoms with E-state index in [1.54, 1.807) is 18.2 Å². The molecule has 2 aromatic rings. The van der Waals surface area contributed by atoms with E-state index in [0.717, 1.165) is 6.07 Å². The van der Waals surface area contributed by atoms with Gasteiger partial charge in [-0.2, -0.15) is 5.26 Å². The maximum atomic E-state index is 12.0. The topological polar surface area (TPSA) is 109 Å². The Hall–Kier alpha value is -3.11. The van der Waals surface area contributed by atoms with Crippen molar-refractivity contribution in [2.75, 3.05) is 5.32 Å². The minimum absolute atomic E-state index is 0.00200. The molecule has 0 fully saturated rings. The number of carbonyl (C=O) groups excluding carboxylic acids is 1. The molecule has 0 saturated carbocycles. The van der Waals surface area contributed by atoms with E-state index >= 15 is 0 Å². The van der Waals surface area contributed by atoms with Crippen LogP contribution in [0.25, 0.3) is 6.08 Å². The van der Waals surface area contributed by atoms with Gasteiger partial charge in [0.2, 0.25) is 0 Å². The number of nitrogens with zero attached hydrogens (tertiary/aromatic N) is 2. The van der Waals surface area contributed by atoms with E-state index in [0.29, 0.717) is 5.76 Å². The largest absolute Gasteiger partial charge is 0.465 e. The number of benzene rings is 1.